The number of benzene rings is 1. The van der Waals surface area contributed by atoms with Crippen LogP contribution in [0.15, 0.2) is 22.7 Å². The van der Waals surface area contributed by atoms with Gasteiger partial charge in [0.15, 0.2) is 5.82 Å². The first-order valence-corrected chi connectivity index (χ1v) is 7.10. The SMILES string of the molecule is CCC1(c2nc(Cc3cc(F)cc(F)c3)no2)CCNC1. The lowest BCUT2D eigenvalue weighted by Crippen LogP contribution is -2.28. The summed E-state index contributed by atoms with van der Waals surface area (Å²) in [6.07, 6.45) is 2.13. The third-order valence-electron chi connectivity index (χ3n) is 4.13. The van der Waals surface area contributed by atoms with Crippen LogP contribution in [0.1, 0.15) is 37.0 Å². The zero-order chi connectivity index (χ0) is 14.9. The van der Waals surface area contributed by atoms with Crippen molar-refractivity contribution in [3.63, 3.8) is 0 Å². The van der Waals surface area contributed by atoms with Crippen LogP contribution in [-0.2, 0) is 11.8 Å². The molecule has 0 spiro atoms. The maximum Gasteiger partial charge on any atom is 0.234 e. The van der Waals surface area contributed by atoms with E-state index in [1.807, 2.05) is 0 Å². The number of hydrogen-bond acceptors (Lipinski definition) is 4. The highest BCUT2D eigenvalue weighted by Gasteiger charge is 2.39. The zero-order valence-corrected chi connectivity index (χ0v) is 11.8. The second-order valence-corrected chi connectivity index (χ2v) is 5.53. The van der Waals surface area contributed by atoms with Crippen LogP contribution < -0.4 is 5.32 Å². The molecule has 0 bridgehead atoms. The minimum atomic E-state index is -0.598. The maximum atomic E-state index is 13.2. The summed E-state index contributed by atoms with van der Waals surface area (Å²) in [4.78, 5) is 4.43. The van der Waals surface area contributed by atoms with Gasteiger partial charge < -0.3 is 9.84 Å². The molecule has 1 aliphatic heterocycles. The van der Waals surface area contributed by atoms with Crippen LogP contribution in [0.5, 0.6) is 0 Å². The minimum Gasteiger partial charge on any atom is -0.339 e. The predicted octanol–water partition coefficient (Wildman–Crippen LogP) is 2.58. The lowest BCUT2D eigenvalue weighted by Gasteiger charge is -2.20. The first-order chi connectivity index (χ1) is 10.1. The van der Waals surface area contributed by atoms with Crippen LogP contribution in [-0.4, -0.2) is 23.2 Å². The Bertz CT molecular complexity index is 615. The van der Waals surface area contributed by atoms with Gasteiger partial charge in [-0.15, -0.1) is 0 Å². The van der Waals surface area contributed by atoms with Crippen LogP contribution in [0.2, 0.25) is 0 Å². The Kier molecular flexibility index (Phi) is 3.71. The fourth-order valence-corrected chi connectivity index (χ4v) is 2.82. The topological polar surface area (TPSA) is 51.0 Å². The summed E-state index contributed by atoms with van der Waals surface area (Å²) in [5.41, 5.74) is 0.383. The van der Waals surface area contributed by atoms with Gasteiger partial charge in [-0.3, -0.25) is 0 Å². The van der Waals surface area contributed by atoms with Gasteiger partial charge in [0, 0.05) is 19.0 Å². The van der Waals surface area contributed by atoms with Gasteiger partial charge in [0.05, 0.1) is 5.41 Å². The van der Waals surface area contributed by atoms with Crippen LogP contribution in [0.25, 0.3) is 0 Å². The Balaban J connectivity index is 1.82. The van der Waals surface area contributed by atoms with Gasteiger partial charge in [-0.1, -0.05) is 12.1 Å². The maximum absolute atomic E-state index is 13.2. The third kappa shape index (κ3) is 2.81. The summed E-state index contributed by atoms with van der Waals surface area (Å²) in [5.74, 6) is -0.130. The molecule has 4 nitrogen and oxygen atoms in total. The van der Waals surface area contributed by atoms with Gasteiger partial charge in [-0.25, -0.2) is 8.78 Å². The van der Waals surface area contributed by atoms with E-state index < -0.39 is 11.6 Å². The molecule has 1 atom stereocenters. The number of hydrogen-bond donors (Lipinski definition) is 1. The molecule has 1 N–H and O–H groups in total. The molecule has 0 aliphatic carbocycles. The van der Waals surface area contributed by atoms with Crippen LogP contribution in [0, 0.1) is 11.6 Å². The molecule has 0 radical (unpaired) electrons. The monoisotopic (exact) mass is 293 g/mol. The number of nitrogens with zero attached hydrogens (tertiary/aromatic N) is 2. The van der Waals surface area contributed by atoms with Gasteiger partial charge in [-0.2, -0.15) is 4.98 Å². The van der Waals surface area contributed by atoms with Crippen molar-refractivity contribution < 1.29 is 13.3 Å². The standard InChI is InChI=1S/C15H17F2N3O/c1-2-15(3-4-18-9-15)14-19-13(20-21-14)7-10-5-11(16)8-12(17)6-10/h5-6,8,18H,2-4,7,9H2,1H3. The third-order valence-corrected chi connectivity index (χ3v) is 4.13. The lowest BCUT2D eigenvalue weighted by molar-refractivity contribution is 0.283. The second kappa shape index (κ2) is 5.52. The summed E-state index contributed by atoms with van der Waals surface area (Å²) in [6, 6.07) is 3.42. The van der Waals surface area contributed by atoms with Crippen molar-refractivity contribution in [2.45, 2.75) is 31.6 Å². The highest BCUT2D eigenvalue weighted by atomic mass is 19.1. The molecule has 1 fully saturated rings. The summed E-state index contributed by atoms with van der Waals surface area (Å²) in [5, 5.41) is 7.26. The average Bonchev–Trinajstić information content (AvgIpc) is 3.06. The highest BCUT2D eigenvalue weighted by Crippen LogP contribution is 2.32. The van der Waals surface area contributed by atoms with E-state index >= 15 is 0 Å². The van der Waals surface area contributed by atoms with E-state index in [-0.39, 0.29) is 11.8 Å². The number of halogens is 2. The molecule has 112 valence electrons. The molecule has 3 rings (SSSR count). The fraction of sp³-hybridized carbons (Fsp3) is 0.467. The summed E-state index contributed by atoms with van der Waals surface area (Å²) >= 11 is 0. The molecule has 2 aromatic rings. The molecule has 0 amide bonds. The van der Waals surface area contributed by atoms with Crippen LogP contribution in [0.4, 0.5) is 8.78 Å². The summed E-state index contributed by atoms with van der Waals surface area (Å²) < 4.78 is 31.8. The van der Waals surface area contributed by atoms with E-state index in [4.69, 9.17) is 4.52 Å². The van der Waals surface area contributed by atoms with Gasteiger partial charge >= 0.3 is 0 Å². The minimum absolute atomic E-state index is 0.113. The Morgan fingerprint density at radius 2 is 2.05 bits per heavy atom. The largest absolute Gasteiger partial charge is 0.339 e. The van der Waals surface area contributed by atoms with E-state index in [1.54, 1.807) is 0 Å². The number of rotatable bonds is 4. The van der Waals surface area contributed by atoms with Crippen molar-refractivity contribution in [2.24, 2.45) is 0 Å². The van der Waals surface area contributed by atoms with Crippen molar-refractivity contribution >= 4 is 0 Å². The molecular formula is C15H17F2N3O. The molecule has 1 aliphatic rings. The Morgan fingerprint density at radius 1 is 1.29 bits per heavy atom. The van der Waals surface area contributed by atoms with E-state index in [9.17, 15) is 8.78 Å². The number of aromatic nitrogens is 2. The molecule has 6 heteroatoms. The Hall–Kier alpha value is -1.82. The molecule has 1 aromatic heterocycles. The quantitative estimate of drug-likeness (QED) is 0.941. The van der Waals surface area contributed by atoms with Crippen molar-refractivity contribution in [3.8, 4) is 0 Å². The Morgan fingerprint density at radius 3 is 2.67 bits per heavy atom. The van der Waals surface area contributed by atoms with Gasteiger partial charge in [0.1, 0.15) is 11.6 Å². The molecular weight excluding hydrogens is 276 g/mol. The molecule has 1 unspecified atom stereocenters. The first-order valence-electron chi connectivity index (χ1n) is 7.10. The zero-order valence-electron chi connectivity index (χ0n) is 11.8. The summed E-state index contributed by atoms with van der Waals surface area (Å²) in [6.45, 7) is 3.85. The van der Waals surface area contributed by atoms with E-state index in [0.717, 1.165) is 32.0 Å². The highest BCUT2D eigenvalue weighted by molar-refractivity contribution is 5.21. The smallest absolute Gasteiger partial charge is 0.234 e. The van der Waals surface area contributed by atoms with Crippen molar-refractivity contribution in [1.29, 1.82) is 0 Å². The summed E-state index contributed by atoms with van der Waals surface area (Å²) in [7, 11) is 0. The molecule has 2 heterocycles. The average molecular weight is 293 g/mol. The second-order valence-electron chi connectivity index (χ2n) is 5.53. The van der Waals surface area contributed by atoms with Crippen LogP contribution in [0.3, 0.4) is 0 Å². The Labute approximate surface area is 121 Å². The van der Waals surface area contributed by atoms with E-state index in [1.165, 1.54) is 12.1 Å². The predicted molar refractivity (Wildman–Crippen MR) is 72.9 cm³/mol. The van der Waals surface area contributed by atoms with Gasteiger partial charge in [-0.05, 0) is 37.1 Å². The lowest BCUT2D eigenvalue weighted by atomic mass is 9.84. The van der Waals surface area contributed by atoms with Crippen molar-refractivity contribution in [2.75, 3.05) is 13.1 Å². The van der Waals surface area contributed by atoms with Crippen molar-refractivity contribution in [3.05, 3.63) is 47.1 Å². The van der Waals surface area contributed by atoms with Crippen LogP contribution >= 0.6 is 0 Å². The van der Waals surface area contributed by atoms with E-state index in [2.05, 4.69) is 22.4 Å². The normalized spacial score (nSPS) is 21.9. The van der Waals surface area contributed by atoms with Gasteiger partial charge in [0.2, 0.25) is 5.89 Å². The molecule has 0 saturated carbocycles. The fourth-order valence-electron chi connectivity index (χ4n) is 2.82. The van der Waals surface area contributed by atoms with Gasteiger partial charge in [0.25, 0.3) is 0 Å². The van der Waals surface area contributed by atoms with Crippen molar-refractivity contribution in [1.82, 2.24) is 15.5 Å². The van der Waals surface area contributed by atoms with E-state index in [0.29, 0.717) is 17.3 Å². The first kappa shape index (κ1) is 14.1. The molecule has 1 saturated heterocycles. The molecule has 1 aromatic carbocycles. The number of nitrogens with one attached hydrogen (secondary N) is 1. The molecule has 21 heavy (non-hydrogen) atoms.